The molecule has 0 aliphatic carbocycles. The largest absolute Gasteiger partial charge is 0.462 e. The van der Waals surface area contributed by atoms with E-state index in [0.29, 0.717) is 12.8 Å². The highest BCUT2D eigenvalue weighted by molar-refractivity contribution is 5.69. The number of hydrogen-bond acceptors (Lipinski definition) is 5. The Balaban J connectivity index is 4.24. The number of esters is 2. The maximum Gasteiger partial charge on any atom is 0.306 e. The summed E-state index contributed by atoms with van der Waals surface area (Å²) in [4.78, 5) is 27.9. The Labute approximate surface area is 307 Å². The molecule has 0 aliphatic rings. The molecule has 292 valence electrons. The van der Waals surface area contributed by atoms with Crippen LogP contribution in [0.2, 0.25) is 0 Å². The first-order valence-electron chi connectivity index (χ1n) is 22.1. The van der Waals surface area contributed by atoms with Crippen LogP contribution in [0, 0.1) is 0 Å². The van der Waals surface area contributed by atoms with E-state index in [1.54, 1.807) is 0 Å². The van der Waals surface area contributed by atoms with Gasteiger partial charge in [0, 0.05) is 12.8 Å². The standard InChI is InChI=1S/C44H87NO4/c1-6-11-14-17-20-25-33-41(32-9-4)48-43(46)36-28-23-30-39-45(38-10-5)40-31-24-29-37-44(47)49-42(34-26-21-18-15-12-7-2)35-27-22-19-16-13-8-3/h41-42H,6-40H2,1-5H3. The topological polar surface area (TPSA) is 55.8 Å². The highest BCUT2D eigenvalue weighted by atomic mass is 16.5. The van der Waals surface area contributed by atoms with Gasteiger partial charge in [-0.3, -0.25) is 9.59 Å². The van der Waals surface area contributed by atoms with Crippen molar-refractivity contribution < 1.29 is 19.1 Å². The minimum absolute atomic E-state index is 0.00418. The van der Waals surface area contributed by atoms with E-state index in [0.717, 1.165) is 96.7 Å². The lowest BCUT2D eigenvalue weighted by molar-refractivity contribution is -0.151. The van der Waals surface area contributed by atoms with Gasteiger partial charge in [0.2, 0.25) is 0 Å². The molecule has 49 heavy (non-hydrogen) atoms. The molecule has 0 spiro atoms. The Morgan fingerprint density at radius 3 is 1.08 bits per heavy atom. The number of ether oxygens (including phenoxy) is 2. The molecule has 5 nitrogen and oxygen atoms in total. The first kappa shape index (κ1) is 47.9. The fourth-order valence-corrected chi connectivity index (χ4v) is 7.01. The SMILES string of the molecule is CCCCCCCCC(CCC)OC(=O)CCCCCN(CCC)CCCCCC(=O)OC(CCCCCCCC)CCCCCCCC. The van der Waals surface area contributed by atoms with Crippen LogP contribution in [-0.4, -0.2) is 48.7 Å². The smallest absolute Gasteiger partial charge is 0.306 e. The van der Waals surface area contributed by atoms with Crippen molar-refractivity contribution in [3.05, 3.63) is 0 Å². The van der Waals surface area contributed by atoms with Crippen molar-refractivity contribution in [2.45, 2.75) is 252 Å². The minimum atomic E-state index is 0.00418. The predicted octanol–water partition coefficient (Wildman–Crippen LogP) is 13.7. The van der Waals surface area contributed by atoms with Crippen molar-refractivity contribution in [2.75, 3.05) is 19.6 Å². The van der Waals surface area contributed by atoms with Crippen LogP contribution in [0.15, 0.2) is 0 Å². The summed E-state index contributed by atoms with van der Waals surface area (Å²) >= 11 is 0. The van der Waals surface area contributed by atoms with E-state index in [9.17, 15) is 9.59 Å². The molecule has 0 N–H and O–H groups in total. The number of hydrogen-bond donors (Lipinski definition) is 0. The van der Waals surface area contributed by atoms with Crippen LogP contribution < -0.4 is 0 Å². The average molecular weight is 694 g/mol. The predicted molar refractivity (Wildman–Crippen MR) is 212 cm³/mol. The second-order valence-corrected chi connectivity index (χ2v) is 15.1. The number of carbonyl (C=O) groups excluding carboxylic acids is 2. The molecule has 5 heteroatoms. The number of nitrogens with zero attached hydrogens (tertiary/aromatic N) is 1. The minimum Gasteiger partial charge on any atom is -0.462 e. The normalized spacial score (nSPS) is 12.2. The van der Waals surface area contributed by atoms with Gasteiger partial charge in [0.1, 0.15) is 12.2 Å². The van der Waals surface area contributed by atoms with Gasteiger partial charge in [0.15, 0.2) is 0 Å². The second kappa shape index (κ2) is 38.1. The van der Waals surface area contributed by atoms with E-state index < -0.39 is 0 Å². The third kappa shape index (κ3) is 33.8. The summed E-state index contributed by atoms with van der Waals surface area (Å²) in [6.45, 7) is 14.5. The highest BCUT2D eigenvalue weighted by Gasteiger charge is 2.15. The molecule has 0 aliphatic heterocycles. The third-order valence-corrected chi connectivity index (χ3v) is 10.1. The molecule has 0 bridgehead atoms. The Bertz CT molecular complexity index is 682. The lowest BCUT2D eigenvalue weighted by Crippen LogP contribution is -2.27. The van der Waals surface area contributed by atoms with E-state index in [4.69, 9.17) is 9.47 Å². The summed E-state index contributed by atoms with van der Waals surface area (Å²) in [6, 6.07) is 0. The summed E-state index contributed by atoms with van der Waals surface area (Å²) in [5, 5.41) is 0. The number of carbonyl (C=O) groups is 2. The first-order valence-corrected chi connectivity index (χ1v) is 22.1. The zero-order chi connectivity index (χ0) is 36.0. The Morgan fingerprint density at radius 1 is 0.367 bits per heavy atom. The van der Waals surface area contributed by atoms with Crippen molar-refractivity contribution in [2.24, 2.45) is 0 Å². The summed E-state index contributed by atoms with van der Waals surface area (Å²) in [7, 11) is 0. The van der Waals surface area contributed by atoms with Crippen molar-refractivity contribution in [1.29, 1.82) is 0 Å². The molecule has 0 radical (unpaired) electrons. The van der Waals surface area contributed by atoms with Crippen LogP contribution in [0.4, 0.5) is 0 Å². The van der Waals surface area contributed by atoms with Crippen LogP contribution in [0.3, 0.4) is 0 Å². The number of unbranched alkanes of at least 4 members (excludes halogenated alkanes) is 19. The van der Waals surface area contributed by atoms with Gasteiger partial charge in [-0.2, -0.15) is 0 Å². The molecule has 0 rings (SSSR count). The van der Waals surface area contributed by atoms with Crippen LogP contribution in [-0.2, 0) is 19.1 Å². The van der Waals surface area contributed by atoms with E-state index in [-0.39, 0.29) is 24.1 Å². The summed E-state index contributed by atoms with van der Waals surface area (Å²) in [5.41, 5.74) is 0. The van der Waals surface area contributed by atoms with Gasteiger partial charge < -0.3 is 14.4 Å². The van der Waals surface area contributed by atoms with Gasteiger partial charge >= 0.3 is 11.9 Å². The lowest BCUT2D eigenvalue weighted by atomic mass is 10.0. The van der Waals surface area contributed by atoms with Gasteiger partial charge in [0.25, 0.3) is 0 Å². The molecule has 0 aromatic heterocycles. The van der Waals surface area contributed by atoms with E-state index in [2.05, 4.69) is 39.5 Å². The zero-order valence-electron chi connectivity index (χ0n) is 34.0. The summed E-state index contributed by atoms with van der Waals surface area (Å²) in [6.07, 6.45) is 37.1. The van der Waals surface area contributed by atoms with Crippen LogP contribution in [0.5, 0.6) is 0 Å². The number of rotatable bonds is 39. The van der Waals surface area contributed by atoms with Gasteiger partial charge in [-0.1, -0.05) is 150 Å². The van der Waals surface area contributed by atoms with Crippen molar-refractivity contribution in [3.8, 4) is 0 Å². The fraction of sp³-hybridized carbons (Fsp3) is 0.955. The molecule has 0 aromatic carbocycles. The fourth-order valence-electron chi connectivity index (χ4n) is 7.01. The van der Waals surface area contributed by atoms with E-state index >= 15 is 0 Å². The highest BCUT2D eigenvalue weighted by Crippen LogP contribution is 2.19. The maximum atomic E-state index is 12.8. The molecule has 0 saturated carbocycles. The molecule has 0 saturated heterocycles. The molecular formula is C44H87NO4. The van der Waals surface area contributed by atoms with Crippen molar-refractivity contribution in [1.82, 2.24) is 4.90 Å². The lowest BCUT2D eigenvalue weighted by Gasteiger charge is -2.22. The van der Waals surface area contributed by atoms with Crippen LogP contribution >= 0.6 is 0 Å². The average Bonchev–Trinajstić information content (AvgIpc) is 3.08. The second-order valence-electron chi connectivity index (χ2n) is 15.1. The van der Waals surface area contributed by atoms with Crippen LogP contribution in [0.25, 0.3) is 0 Å². The summed E-state index contributed by atoms with van der Waals surface area (Å²) in [5.74, 6) is 0.0267. The molecule has 1 atom stereocenters. The molecule has 0 amide bonds. The Morgan fingerprint density at radius 2 is 0.714 bits per heavy atom. The van der Waals surface area contributed by atoms with Crippen molar-refractivity contribution >= 4 is 11.9 Å². The molecular weight excluding hydrogens is 606 g/mol. The van der Waals surface area contributed by atoms with Gasteiger partial charge in [-0.05, 0) is 96.7 Å². The van der Waals surface area contributed by atoms with Crippen LogP contribution in [0.1, 0.15) is 240 Å². The zero-order valence-corrected chi connectivity index (χ0v) is 34.0. The molecule has 0 aromatic rings. The van der Waals surface area contributed by atoms with E-state index in [1.165, 1.54) is 116 Å². The Hall–Kier alpha value is -1.10. The van der Waals surface area contributed by atoms with Gasteiger partial charge in [0.05, 0.1) is 0 Å². The maximum absolute atomic E-state index is 12.8. The Kier molecular flexibility index (Phi) is 37.3. The summed E-state index contributed by atoms with van der Waals surface area (Å²) < 4.78 is 11.9. The monoisotopic (exact) mass is 694 g/mol. The van der Waals surface area contributed by atoms with Crippen molar-refractivity contribution in [3.63, 3.8) is 0 Å². The van der Waals surface area contributed by atoms with E-state index in [1.807, 2.05) is 0 Å². The molecule has 0 heterocycles. The van der Waals surface area contributed by atoms with Gasteiger partial charge in [-0.15, -0.1) is 0 Å². The molecule has 1 unspecified atom stereocenters. The quantitative estimate of drug-likeness (QED) is 0.0474. The first-order chi connectivity index (χ1) is 24.0. The van der Waals surface area contributed by atoms with Gasteiger partial charge in [-0.25, -0.2) is 0 Å². The molecule has 0 fully saturated rings. The third-order valence-electron chi connectivity index (χ3n) is 10.1.